The van der Waals surface area contributed by atoms with Crippen LogP contribution in [0, 0.1) is 19.3 Å². The molecule has 0 amide bonds. The number of thiophene rings is 1. The smallest absolute Gasteiger partial charge is 0.150 e. The number of aromatic nitrogens is 2. The van der Waals surface area contributed by atoms with E-state index >= 15 is 0 Å². The first-order valence-electron chi connectivity index (χ1n) is 6.23. The third kappa shape index (κ3) is 1.40. The second kappa shape index (κ2) is 3.42. The minimum atomic E-state index is 0.428. The molecule has 4 nitrogen and oxygen atoms in total. The fourth-order valence-electron chi connectivity index (χ4n) is 2.85. The molecule has 0 aliphatic carbocycles. The lowest BCUT2D eigenvalue weighted by atomic mass is 9.78. The minimum Gasteiger partial charge on any atom is -0.380 e. The largest absolute Gasteiger partial charge is 0.380 e. The Morgan fingerprint density at radius 1 is 1.28 bits per heavy atom. The van der Waals surface area contributed by atoms with Gasteiger partial charge in [-0.1, -0.05) is 0 Å². The van der Waals surface area contributed by atoms with Gasteiger partial charge in [0.2, 0.25) is 0 Å². The maximum Gasteiger partial charge on any atom is 0.150 e. The van der Waals surface area contributed by atoms with Crippen LogP contribution in [0.4, 0.5) is 5.82 Å². The Labute approximate surface area is 110 Å². The second-order valence-electron chi connectivity index (χ2n) is 5.51. The topological polar surface area (TPSA) is 38.2 Å². The molecule has 2 aliphatic rings. The molecule has 2 aliphatic heterocycles. The molecule has 94 valence electrons. The van der Waals surface area contributed by atoms with Gasteiger partial charge in [-0.15, -0.1) is 11.3 Å². The summed E-state index contributed by atoms with van der Waals surface area (Å²) in [4.78, 5) is 12.8. The zero-order valence-corrected chi connectivity index (χ0v) is 11.4. The Morgan fingerprint density at radius 2 is 2.06 bits per heavy atom. The van der Waals surface area contributed by atoms with E-state index in [1.165, 1.54) is 9.58 Å². The van der Waals surface area contributed by atoms with Gasteiger partial charge in [0.05, 0.1) is 28.8 Å². The molecule has 1 spiro atoms. The molecule has 5 heteroatoms. The molecule has 0 radical (unpaired) electrons. The first-order valence-corrected chi connectivity index (χ1v) is 7.04. The third-order valence-electron chi connectivity index (χ3n) is 3.76. The van der Waals surface area contributed by atoms with Crippen molar-refractivity contribution in [1.29, 1.82) is 0 Å². The van der Waals surface area contributed by atoms with Gasteiger partial charge in [0, 0.05) is 18.0 Å². The van der Waals surface area contributed by atoms with E-state index in [-0.39, 0.29) is 0 Å². The van der Waals surface area contributed by atoms with Gasteiger partial charge in [-0.2, -0.15) is 0 Å². The summed E-state index contributed by atoms with van der Waals surface area (Å²) in [7, 11) is 0. The van der Waals surface area contributed by atoms with Crippen molar-refractivity contribution in [1.82, 2.24) is 9.97 Å². The summed E-state index contributed by atoms with van der Waals surface area (Å²) in [6.45, 7) is 8.09. The molecule has 2 aromatic heterocycles. The molecule has 0 atom stereocenters. The number of anilines is 1. The van der Waals surface area contributed by atoms with Crippen LogP contribution in [0.25, 0.3) is 10.2 Å². The van der Waals surface area contributed by atoms with E-state index in [9.17, 15) is 0 Å². The Hall–Kier alpha value is -1.20. The highest BCUT2D eigenvalue weighted by atomic mass is 32.1. The van der Waals surface area contributed by atoms with Gasteiger partial charge in [0.1, 0.15) is 11.6 Å². The SMILES string of the molecule is Cc1nc(N2CC3(COC3)C2)c2sc(C)cc2n1. The van der Waals surface area contributed by atoms with Crippen molar-refractivity contribution < 1.29 is 4.74 Å². The first kappa shape index (κ1) is 10.7. The van der Waals surface area contributed by atoms with Crippen molar-refractivity contribution in [2.75, 3.05) is 31.2 Å². The molecule has 0 bridgehead atoms. The fraction of sp³-hybridized carbons (Fsp3) is 0.538. The quantitative estimate of drug-likeness (QED) is 0.788. The van der Waals surface area contributed by atoms with Gasteiger partial charge in [0.15, 0.2) is 0 Å². The normalized spacial score (nSPS) is 21.1. The summed E-state index contributed by atoms with van der Waals surface area (Å²) in [5.41, 5.74) is 1.52. The number of nitrogens with zero attached hydrogens (tertiary/aromatic N) is 3. The Bertz CT molecular complexity index is 624. The zero-order valence-electron chi connectivity index (χ0n) is 10.6. The second-order valence-corrected chi connectivity index (χ2v) is 6.77. The minimum absolute atomic E-state index is 0.428. The summed E-state index contributed by atoms with van der Waals surface area (Å²) in [5, 5.41) is 0. The highest BCUT2D eigenvalue weighted by molar-refractivity contribution is 7.19. The van der Waals surface area contributed by atoms with Crippen LogP contribution < -0.4 is 4.90 Å². The maximum absolute atomic E-state index is 5.32. The average Bonchev–Trinajstić information content (AvgIpc) is 2.53. The number of fused-ring (bicyclic) bond motifs is 1. The third-order valence-corrected chi connectivity index (χ3v) is 4.79. The van der Waals surface area contributed by atoms with E-state index in [1.54, 1.807) is 11.3 Å². The number of rotatable bonds is 1. The highest BCUT2D eigenvalue weighted by Gasteiger charge is 2.49. The van der Waals surface area contributed by atoms with Crippen molar-refractivity contribution >= 4 is 27.4 Å². The fourth-order valence-corrected chi connectivity index (χ4v) is 3.82. The molecule has 0 aromatic carbocycles. The highest BCUT2D eigenvalue weighted by Crippen LogP contribution is 2.42. The molecule has 2 saturated heterocycles. The summed E-state index contributed by atoms with van der Waals surface area (Å²) in [5.74, 6) is 1.98. The molecule has 4 rings (SSSR count). The van der Waals surface area contributed by atoms with Crippen LogP contribution in [0.1, 0.15) is 10.7 Å². The first-order chi connectivity index (χ1) is 8.65. The van der Waals surface area contributed by atoms with Crippen LogP contribution in [-0.2, 0) is 4.74 Å². The van der Waals surface area contributed by atoms with E-state index < -0.39 is 0 Å². The molecule has 2 aromatic rings. The van der Waals surface area contributed by atoms with Crippen molar-refractivity contribution in [2.24, 2.45) is 5.41 Å². The summed E-state index contributed by atoms with van der Waals surface area (Å²) < 4.78 is 6.55. The Kier molecular flexibility index (Phi) is 2.03. The van der Waals surface area contributed by atoms with Gasteiger partial charge in [-0.05, 0) is 19.9 Å². The molecule has 2 fully saturated rings. The number of aryl methyl sites for hydroxylation is 2. The summed E-state index contributed by atoms with van der Waals surface area (Å²) in [6, 6.07) is 2.15. The predicted molar refractivity (Wildman–Crippen MR) is 72.4 cm³/mol. The van der Waals surface area contributed by atoms with Crippen molar-refractivity contribution in [3.05, 3.63) is 16.8 Å². The van der Waals surface area contributed by atoms with Crippen LogP contribution in [0.5, 0.6) is 0 Å². The molecule has 0 saturated carbocycles. The number of ether oxygens (including phenoxy) is 1. The van der Waals surface area contributed by atoms with Crippen molar-refractivity contribution in [3.63, 3.8) is 0 Å². The standard InChI is InChI=1S/C13H15N3OS/c1-8-3-10-11(18-8)12(15-9(2)14-10)16-4-13(5-16)6-17-7-13/h3H,4-7H2,1-2H3. The predicted octanol–water partition coefficient (Wildman–Crippen LogP) is 2.14. The van der Waals surface area contributed by atoms with Crippen LogP contribution in [0.2, 0.25) is 0 Å². The molecular formula is C13H15N3OS. The molecule has 0 unspecified atom stereocenters. The molecule has 4 heterocycles. The number of hydrogen-bond acceptors (Lipinski definition) is 5. The van der Waals surface area contributed by atoms with E-state index in [0.717, 1.165) is 43.5 Å². The lowest BCUT2D eigenvalue weighted by Crippen LogP contribution is -2.66. The van der Waals surface area contributed by atoms with Gasteiger partial charge < -0.3 is 9.64 Å². The lowest BCUT2D eigenvalue weighted by molar-refractivity contribution is -0.127. The Morgan fingerprint density at radius 3 is 2.72 bits per heavy atom. The van der Waals surface area contributed by atoms with Crippen LogP contribution in [-0.4, -0.2) is 36.3 Å². The zero-order chi connectivity index (χ0) is 12.3. The van der Waals surface area contributed by atoms with Crippen LogP contribution in [0.3, 0.4) is 0 Å². The van der Waals surface area contributed by atoms with Crippen LogP contribution >= 0.6 is 11.3 Å². The van der Waals surface area contributed by atoms with E-state index in [1.807, 2.05) is 6.92 Å². The van der Waals surface area contributed by atoms with Crippen molar-refractivity contribution in [2.45, 2.75) is 13.8 Å². The Balaban J connectivity index is 1.75. The molecule has 18 heavy (non-hydrogen) atoms. The van der Waals surface area contributed by atoms with Crippen LogP contribution in [0.15, 0.2) is 6.07 Å². The lowest BCUT2D eigenvalue weighted by Gasteiger charge is -2.55. The van der Waals surface area contributed by atoms with Gasteiger partial charge in [-0.25, -0.2) is 9.97 Å². The van der Waals surface area contributed by atoms with Gasteiger partial charge in [-0.3, -0.25) is 0 Å². The van der Waals surface area contributed by atoms with Crippen molar-refractivity contribution in [3.8, 4) is 0 Å². The average molecular weight is 261 g/mol. The number of hydrogen-bond donors (Lipinski definition) is 0. The maximum atomic E-state index is 5.32. The van der Waals surface area contributed by atoms with E-state index in [4.69, 9.17) is 4.74 Å². The van der Waals surface area contributed by atoms with E-state index in [2.05, 4.69) is 27.9 Å². The van der Waals surface area contributed by atoms with Gasteiger partial charge in [0.25, 0.3) is 0 Å². The van der Waals surface area contributed by atoms with Gasteiger partial charge >= 0.3 is 0 Å². The van der Waals surface area contributed by atoms with E-state index in [0.29, 0.717) is 5.41 Å². The monoisotopic (exact) mass is 261 g/mol. The summed E-state index contributed by atoms with van der Waals surface area (Å²) >= 11 is 1.79. The summed E-state index contributed by atoms with van der Waals surface area (Å²) in [6.07, 6.45) is 0. The molecule has 0 N–H and O–H groups in total. The molecular weight excluding hydrogens is 246 g/mol.